The lowest BCUT2D eigenvalue weighted by Crippen LogP contribution is -2.28. The number of ether oxygens (including phenoxy) is 1. The first-order valence-electron chi connectivity index (χ1n) is 10.8. The predicted octanol–water partition coefficient (Wildman–Crippen LogP) is 4.85. The third-order valence-electron chi connectivity index (χ3n) is 5.58. The summed E-state index contributed by atoms with van der Waals surface area (Å²) in [6.45, 7) is 2.04. The van der Waals surface area contributed by atoms with Crippen LogP contribution >= 0.6 is 11.8 Å². The summed E-state index contributed by atoms with van der Waals surface area (Å²) in [6.07, 6.45) is 2.21. The van der Waals surface area contributed by atoms with Crippen LogP contribution in [0.1, 0.15) is 29.3 Å². The van der Waals surface area contributed by atoms with Gasteiger partial charge in [0, 0.05) is 12.0 Å². The lowest BCUT2D eigenvalue weighted by atomic mass is 10.0. The van der Waals surface area contributed by atoms with E-state index in [1.807, 2.05) is 67.6 Å². The third kappa shape index (κ3) is 4.60. The molecular formula is C25H23N5O3S. The molecule has 1 atom stereocenters. The maximum Gasteiger partial charge on any atom is 0.253 e. The molecule has 8 nitrogen and oxygen atoms in total. The topological polar surface area (TPSA) is 96.6 Å². The highest BCUT2D eigenvalue weighted by Crippen LogP contribution is 2.34. The van der Waals surface area contributed by atoms with Gasteiger partial charge in [-0.3, -0.25) is 9.89 Å². The number of rotatable bonds is 7. The second kappa shape index (κ2) is 9.56. The lowest BCUT2D eigenvalue weighted by molar-refractivity contribution is -0.130. The van der Waals surface area contributed by atoms with Crippen molar-refractivity contribution in [2.24, 2.45) is 5.10 Å². The molecule has 0 saturated carbocycles. The number of methoxy groups -OCH3 is 1. The van der Waals surface area contributed by atoms with Gasteiger partial charge < -0.3 is 9.15 Å². The molecule has 1 N–H and O–H groups in total. The van der Waals surface area contributed by atoms with Crippen LogP contribution in [-0.2, 0) is 4.79 Å². The van der Waals surface area contributed by atoms with E-state index in [-0.39, 0.29) is 17.7 Å². The predicted molar refractivity (Wildman–Crippen MR) is 130 cm³/mol. The highest BCUT2D eigenvalue weighted by atomic mass is 32.2. The van der Waals surface area contributed by atoms with E-state index in [4.69, 9.17) is 9.15 Å². The van der Waals surface area contributed by atoms with E-state index >= 15 is 0 Å². The SMILES string of the molecule is COc1ccc(-c2nc(SCC(=O)N3N=C(c4ccc(C)cc4)CC3c3ccco3)n[nH]2)cc1. The Hall–Kier alpha value is -3.85. The van der Waals surface area contributed by atoms with Crippen molar-refractivity contribution in [3.05, 3.63) is 83.8 Å². The number of hydrogen-bond acceptors (Lipinski definition) is 7. The Morgan fingerprint density at radius 3 is 2.62 bits per heavy atom. The Kier molecular flexibility index (Phi) is 6.18. The van der Waals surface area contributed by atoms with Gasteiger partial charge in [0.25, 0.3) is 5.91 Å². The fourth-order valence-corrected chi connectivity index (χ4v) is 4.40. The number of aromatic amines is 1. The van der Waals surface area contributed by atoms with Crippen molar-refractivity contribution >= 4 is 23.4 Å². The van der Waals surface area contributed by atoms with Crippen LogP contribution in [0.3, 0.4) is 0 Å². The second-order valence-corrected chi connectivity index (χ2v) is 8.81. The summed E-state index contributed by atoms with van der Waals surface area (Å²) >= 11 is 1.27. The number of furan rings is 1. The quantitative estimate of drug-likeness (QED) is 0.386. The molecule has 0 radical (unpaired) electrons. The molecule has 0 bridgehead atoms. The maximum atomic E-state index is 13.2. The van der Waals surface area contributed by atoms with Crippen molar-refractivity contribution in [1.29, 1.82) is 0 Å². The summed E-state index contributed by atoms with van der Waals surface area (Å²) < 4.78 is 10.8. The molecular weight excluding hydrogens is 450 g/mol. The highest BCUT2D eigenvalue weighted by molar-refractivity contribution is 7.99. The number of amides is 1. The molecule has 9 heteroatoms. The summed E-state index contributed by atoms with van der Waals surface area (Å²) in [4.78, 5) is 17.7. The van der Waals surface area contributed by atoms with Gasteiger partial charge in [0.2, 0.25) is 5.16 Å². The largest absolute Gasteiger partial charge is 0.497 e. The fourth-order valence-electron chi connectivity index (χ4n) is 3.74. The molecule has 3 heterocycles. The number of hydrogen-bond donors (Lipinski definition) is 1. The zero-order chi connectivity index (χ0) is 23.5. The van der Waals surface area contributed by atoms with Gasteiger partial charge in [-0.1, -0.05) is 41.6 Å². The molecule has 0 aliphatic carbocycles. The second-order valence-electron chi connectivity index (χ2n) is 7.87. The zero-order valence-corrected chi connectivity index (χ0v) is 19.6. The number of thioether (sulfide) groups is 1. The number of nitrogens with zero attached hydrogens (tertiary/aromatic N) is 4. The van der Waals surface area contributed by atoms with Crippen LogP contribution in [0.4, 0.5) is 0 Å². The minimum Gasteiger partial charge on any atom is -0.497 e. The molecule has 0 fully saturated rings. The van der Waals surface area contributed by atoms with Gasteiger partial charge in [0.15, 0.2) is 5.82 Å². The van der Waals surface area contributed by atoms with Crippen molar-refractivity contribution in [2.45, 2.75) is 24.5 Å². The van der Waals surface area contributed by atoms with Crippen molar-refractivity contribution in [1.82, 2.24) is 20.2 Å². The van der Waals surface area contributed by atoms with Gasteiger partial charge >= 0.3 is 0 Å². The molecule has 172 valence electrons. The number of H-pyrrole nitrogens is 1. The lowest BCUT2D eigenvalue weighted by Gasteiger charge is -2.19. The molecule has 1 aliphatic rings. The van der Waals surface area contributed by atoms with Crippen LogP contribution in [0.2, 0.25) is 0 Å². The van der Waals surface area contributed by atoms with Gasteiger partial charge in [0.1, 0.15) is 17.6 Å². The van der Waals surface area contributed by atoms with Crippen molar-refractivity contribution in [3.63, 3.8) is 0 Å². The standard InChI is InChI=1S/C25H23N5O3S/c1-16-5-7-17(8-6-16)20-14-21(22-4-3-13-33-22)30(29-20)23(31)15-34-25-26-24(27-28-25)18-9-11-19(32-2)12-10-18/h3-13,21H,14-15H2,1-2H3,(H,26,27,28). The third-order valence-corrected chi connectivity index (χ3v) is 6.41. The molecule has 2 aromatic carbocycles. The van der Waals surface area contributed by atoms with Gasteiger partial charge in [0.05, 0.1) is 24.8 Å². The van der Waals surface area contributed by atoms with Gasteiger partial charge in [-0.05, 0) is 48.9 Å². The molecule has 4 aromatic rings. The van der Waals surface area contributed by atoms with E-state index in [2.05, 4.69) is 20.3 Å². The normalized spacial score (nSPS) is 15.4. The van der Waals surface area contributed by atoms with Crippen LogP contribution in [0, 0.1) is 6.92 Å². The average Bonchev–Trinajstić information content (AvgIpc) is 3.64. The van der Waals surface area contributed by atoms with Crippen LogP contribution in [-0.4, -0.2) is 44.7 Å². The first-order chi connectivity index (χ1) is 16.6. The highest BCUT2D eigenvalue weighted by Gasteiger charge is 2.34. The summed E-state index contributed by atoms with van der Waals surface area (Å²) in [5.74, 6) is 2.13. The van der Waals surface area contributed by atoms with Crippen LogP contribution in [0.15, 0.2) is 81.6 Å². The Bertz CT molecular complexity index is 1300. The fraction of sp³-hybridized carbons (Fsp3) is 0.200. The Morgan fingerprint density at radius 2 is 1.91 bits per heavy atom. The number of carbonyl (C=O) groups excluding carboxylic acids is 1. The molecule has 0 spiro atoms. The molecule has 2 aromatic heterocycles. The number of hydrazone groups is 1. The minimum atomic E-state index is -0.276. The first-order valence-corrected chi connectivity index (χ1v) is 11.8. The average molecular weight is 474 g/mol. The monoisotopic (exact) mass is 473 g/mol. The number of carbonyl (C=O) groups is 1. The van der Waals surface area contributed by atoms with Gasteiger partial charge in [-0.25, -0.2) is 9.99 Å². The maximum absolute atomic E-state index is 13.2. The summed E-state index contributed by atoms with van der Waals surface area (Å²) in [5.41, 5.74) is 3.92. The zero-order valence-electron chi connectivity index (χ0n) is 18.8. The van der Waals surface area contributed by atoms with E-state index in [9.17, 15) is 4.79 Å². The van der Waals surface area contributed by atoms with Crippen molar-refractivity contribution < 1.29 is 13.9 Å². The van der Waals surface area contributed by atoms with E-state index in [0.717, 1.165) is 22.6 Å². The number of nitrogens with one attached hydrogen (secondary N) is 1. The van der Waals surface area contributed by atoms with Crippen LogP contribution < -0.4 is 4.74 Å². The van der Waals surface area contributed by atoms with Crippen molar-refractivity contribution in [3.8, 4) is 17.1 Å². The molecule has 1 amide bonds. The summed E-state index contributed by atoms with van der Waals surface area (Å²) in [7, 11) is 1.62. The molecule has 34 heavy (non-hydrogen) atoms. The molecule has 1 unspecified atom stereocenters. The van der Waals surface area contributed by atoms with E-state index in [0.29, 0.717) is 23.2 Å². The van der Waals surface area contributed by atoms with Gasteiger partial charge in [-0.15, -0.1) is 5.10 Å². The first kappa shape index (κ1) is 22.0. The summed E-state index contributed by atoms with van der Waals surface area (Å²) in [5, 5.41) is 13.9. The Morgan fingerprint density at radius 1 is 1.15 bits per heavy atom. The van der Waals surface area contributed by atoms with Crippen LogP contribution in [0.25, 0.3) is 11.4 Å². The molecule has 0 saturated heterocycles. The van der Waals surface area contributed by atoms with E-state index < -0.39 is 0 Å². The number of aromatic nitrogens is 3. The smallest absolute Gasteiger partial charge is 0.253 e. The van der Waals surface area contributed by atoms with Crippen LogP contribution in [0.5, 0.6) is 5.75 Å². The van der Waals surface area contributed by atoms with Gasteiger partial charge in [-0.2, -0.15) is 5.10 Å². The molecule has 5 rings (SSSR count). The van der Waals surface area contributed by atoms with E-state index in [1.54, 1.807) is 13.4 Å². The Labute approximate surface area is 201 Å². The van der Waals surface area contributed by atoms with E-state index in [1.165, 1.54) is 22.3 Å². The van der Waals surface area contributed by atoms with Crippen molar-refractivity contribution in [2.75, 3.05) is 12.9 Å². The number of benzene rings is 2. The summed E-state index contributed by atoms with van der Waals surface area (Å²) in [6, 6.07) is 19.1. The minimum absolute atomic E-state index is 0.135. The molecule has 1 aliphatic heterocycles. The Balaban J connectivity index is 1.30. The number of aryl methyl sites for hydroxylation is 1.